The molecule has 0 spiro atoms. The van der Waals surface area contributed by atoms with Crippen molar-refractivity contribution in [3.05, 3.63) is 35.6 Å². The first-order chi connectivity index (χ1) is 9.15. The third kappa shape index (κ3) is 4.61. The van der Waals surface area contributed by atoms with Gasteiger partial charge < -0.3 is 5.32 Å². The third-order valence-corrected chi connectivity index (χ3v) is 4.10. The molecule has 1 fully saturated rings. The molecule has 0 aromatic heterocycles. The molecule has 0 radical (unpaired) electrons. The Balaban J connectivity index is 1.59. The normalized spacial score (nSPS) is 22.5. The van der Waals surface area contributed by atoms with Crippen molar-refractivity contribution in [2.75, 3.05) is 6.54 Å². The van der Waals surface area contributed by atoms with Crippen LogP contribution >= 0.6 is 0 Å². The molecule has 2 heteroatoms. The van der Waals surface area contributed by atoms with E-state index in [4.69, 9.17) is 0 Å². The van der Waals surface area contributed by atoms with E-state index in [1.165, 1.54) is 25.3 Å². The second-order valence-corrected chi connectivity index (χ2v) is 6.26. The summed E-state index contributed by atoms with van der Waals surface area (Å²) in [6.07, 6.45) is 6.25. The molecular weight excluding hydrogens is 237 g/mol. The van der Waals surface area contributed by atoms with Gasteiger partial charge in [-0.25, -0.2) is 4.39 Å². The van der Waals surface area contributed by atoms with Crippen LogP contribution in [0.5, 0.6) is 0 Å². The molecule has 2 rings (SSSR count). The monoisotopic (exact) mass is 263 g/mol. The van der Waals surface area contributed by atoms with Crippen molar-refractivity contribution in [3.63, 3.8) is 0 Å². The lowest BCUT2D eigenvalue weighted by molar-refractivity contribution is 0.288. The van der Waals surface area contributed by atoms with Crippen LogP contribution in [-0.2, 0) is 0 Å². The summed E-state index contributed by atoms with van der Waals surface area (Å²) < 4.78 is 13.1. The summed E-state index contributed by atoms with van der Waals surface area (Å²) in [6.45, 7) is 5.69. The van der Waals surface area contributed by atoms with Crippen molar-refractivity contribution >= 4 is 0 Å². The topological polar surface area (TPSA) is 12.0 Å². The van der Waals surface area contributed by atoms with E-state index >= 15 is 0 Å². The minimum Gasteiger partial charge on any atom is -0.314 e. The van der Waals surface area contributed by atoms with E-state index in [1.807, 2.05) is 12.1 Å². The molecule has 19 heavy (non-hydrogen) atoms. The molecular formula is C17H26FN. The Morgan fingerprint density at radius 2 is 2.05 bits per heavy atom. The molecule has 0 amide bonds. The zero-order valence-corrected chi connectivity index (χ0v) is 12.2. The van der Waals surface area contributed by atoms with Gasteiger partial charge in [-0.3, -0.25) is 0 Å². The zero-order chi connectivity index (χ0) is 13.7. The molecule has 1 nitrogen and oxygen atoms in total. The van der Waals surface area contributed by atoms with Gasteiger partial charge in [0.1, 0.15) is 5.82 Å². The Kier molecular flexibility index (Phi) is 5.38. The molecule has 0 saturated heterocycles. The second kappa shape index (κ2) is 7.04. The average Bonchev–Trinajstić information content (AvgIpc) is 2.30. The molecule has 0 unspecified atom stereocenters. The highest BCUT2D eigenvalue weighted by Crippen LogP contribution is 2.36. The number of unbranched alkanes of at least 4 members (excludes halogenated alkanes) is 1. The lowest BCUT2D eigenvalue weighted by Gasteiger charge is -2.36. The molecule has 0 atom stereocenters. The second-order valence-electron chi connectivity index (χ2n) is 6.26. The maximum Gasteiger partial charge on any atom is 0.123 e. The first-order valence-corrected chi connectivity index (χ1v) is 7.64. The van der Waals surface area contributed by atoms with Gasteiger partial charge in [-0.05, 0) is 55.3 Å². The highest BCUT2D eigenvalue weighted by Gasteiger charge is 2.29. The number of nitrogens with one attached hydrogen (secondary N) is 1. The molecule has 1 aromatic rings. The van der Waals surface area contributed by atoms with Gasteiger partial charge in [0.2, 0.25) is 0 Å². The summed E-state index contributed by atoms with van der Waals surface area (Å²) in [5.41, 5.74) is 1.16. The van der Waals surface area contributed by atoms with Gasteiger partial charge >= 0.3 is 0 Å². The standard InChI is InChI=1S/C17H26FN/c1-13(2)6-3-4-9-19-17-11-15(12-17)14-7-5-8-16(18)10-14/h5,7-8,10,13,15,17,19H,3-4,6,9,11-12H2,1-2H3. The Labute approximate surface area is 116 Å². The van der Waals surface area contributed by atoms with Crippen molar-refractivity contribution in [2.45, 2.75) is 57.9 Å². The number of hydrogen-bond donors (Lipinski definition) is 1. The molecule has 1 aliphatic rings. The van der Waals surface area contributed by atoms with Crippen molar-refractivity contribution < 1.29 is 4.39 Å². The van der Waals surface area contributed by atoms with Crippen LogP contribution in [0, 0.1) is 11.7 Å². The molecule has 1 N–H and O–H groups in total. The van der Waals surface area contributed by atoms with E-state index in [0.717, 1.165) is 30.9 Å². The van der Waals surface area contributed by atoms with Gasteiger partial charge in [0.05, 0.1) is 0 Å². The summed E-state index contributed by atoms with van der Waals surface area (Å²) in [5.74, 6) is 1.27. The van der Waals surface area contributed by atoms with Gasteiger partial charge in [0.25, 0.3) is 0 Å². The number of rotatable bonds is 7. The predicted octanol–water partition coefficient (Wildman–Crippen LogP) is 4.49. The Hall–Kier alpha value is -0.890. The van der Waals surface area contributed by atoms with Gasteiger partial charge in [0, 0.05) is 6.04 Å². The number of hydrogen-bond acceptors (Lipinski definition) is 1. The Bertz CT molecular complexity index is 383. The smallest absolute Gasteiger partial charge is 0.123 e. The average molecular weight is 263 g/mol. The van der Waals surface area contributed by atoms with Gasteiger partial charge in [-0.2, -0.15) is 0 Å². The van der Waals surface area contributed by atoms with Crippen LogP contribution in [0.15, 0.2) is 24.3 Å². The number of halogens is 1. The molecule has 0 heterocycles. The van der Waals surface area contributed by atoms with E-state index in [1.54, 1.807) is 6.07 Å². The fourth-order valence-corrected chi connectivity index (χ4v) is 2.80. The van der Waals surface area contributed by atoms with E-state index in [0.29, 0.717) is 12.0 Å². The fraction of sp³-hybridized carbons (Fsp3) is 0.647. The van der Waals surface area contributed by atoms with Crippen LogP contribution < -0.4 is 5.32 Å². The zero-order valence-electron chi connectivity index (χ0n) is 12.2. The van der Waals surface area contributed by atoms with Crippen molar-refractivity contribution in [1.29, 1.82) is 0 Å². The maximum atomic E-state index is 13.1. The van der Waals surface area contributed by atoms with Gasteiger partial charge in [-0.15, -0.1) is 0 Å². The lowest BCUT2D eigenvalue weighted by atomic mass is 9.76. The van der Waals surface area contributed by atoms with Crippen LogP contribution in [0.25, 0.3) is 0 Å². The van der Waals surface area contributed by atoms with E-state index in [9.17, 15) is 4.39 Å². The molecule has 1 aromatic carbocycles. The molecule has 1 aliphatic carbocycles. The van der Waals surface area contributed by atoms with E-state index < -0.39 is 0 Å². The quantitative estimate of drug-likeness (QED) is 0.715. The summed E-state index contributed by atoms with van der Waals surface area (Å²) >= 11 is 0. The SMILES string of the molecule is CC(C)CCCCNC1CC(c2cccc(F)c2)C1. The first kappa shape index (κ1) is 14.5. The summed E-state index contributed by atoms with van der Waals surface area (Å²) in [4.78, 5) is 0. The predicted molar refractivity (Wildman–Crippen MR) is 78.9 cm³/mol. The largest absolute Gasteiger partial charge is 0.314 e. The first-order valence-electron chi connectivity index (χ1n) is 7.64. The Morgan fingerprint density at radius 1 is 1.26 bits per heavy atom. The van der Waals surface area contributed by atoms with Crippen LogP contribution in [-0.4, -0.2) is 12.6 Å². The van der Waals surface area contributed by atoms with Gasteiger partial charge in [-0.1, -0.05) is 38.8 Å². The molecule has 1 saturated carbocycles. The summed E-state index contributed by atoms with van der Waals surface area (Å²) in [6, 6.07) is 7.72. The van der Waals surface area contributed by atoms with Crippen LogP contribution in [0.2, 0.25) is 0 Å². The molecule has 0 aliphatic heterocycles. The lowest BCUT2D eigenvalue weighted by Crippen LogP contribution is -2.40. The van der Waals surface area contributed by atoms with Crippen molar-refractivity contribution in [2.24, 2.45) is 5.92 Å². The van der Waals surface area contributed by atoms with Gasteiger partial charge in [0.15, 0.2) is 0 Å². The summed E-state index contributed by atoms with van der Waals surface area (Å²) in [7, 11) is 0. The maximum absolute atomic E-state index is 13.1. The fourth-order valence-electron chi connectivity index (χ4n) is 2.80. The molecule has 0 bridgehead atoms. The minimum absolute atomic E-state index is 0.109. The Morgan fingerprint density at radius 3 is 2.74 bits per heavy atom. The molecule has 106 valence electrons. The van der Waals surface area contributed by atoms with E-state index in [2.05, 4.69) is 19.2 Å². The third-order valence-electron chi connectivity index (χ3n) is 4.10. The van der Waals surface area contributed by atoms with E-state index in [-0.39, 0.29) is 5.82 Å². The van der Waals surface area contributed by atoms with Crippen LogP contribution in [0.1, 0.15) is 57.4 Å². The van der Waals surface area contributed by atoms with Crippen LogP contribution in [0.4, 0.5) is 4.39 Å². The summed E-state index contributed by atoms with van der Waals surface area (Å²) in [5, 5.41) is 3.61. The minimum atomic E-state index is -0.109. The van der Waals surface area contributed by atoms with Crippen molar-refractivity contribution in [1.82, 2.24) is 5.32 Å². The van der Waals surface area contributed by atoms with Crippen molar-refractivity contribution in [3.8, 4) is 0 Å². The number of benzene rings is 1. The highest BCUT2D eigenvalue weighted by atomic mass is 19.1. The van der Waals surface area contributed by atoms with Crippen LogP contribution in [0.3, 0.4) is 0 Å². The highest BCUT2D eigenvalue weighted by molar-refractivity contribution is 5.23.